The number of hydrogen-bond donors (Lipinski definition) is 1. The highest BCUT2D eigenvalue weighted by Gasteiger charge is 2.28. The molecule has 1 unspecified atom stereocenters. The Morgan fingerprint density at radius 1 is 1.47 bits per heavy atom. The normalized spacial score (nSPS) is 19.6. The summed E-state index contributed by atoms with van der Waals surface area (Å²) >= 11 is 0. The average molecular weight is 264 g/mol. The Morgan fingerprint density at radius 2 is 2.26 bits per heavy atom. The fourth-order valence-electron chi connectivity index (χ4n) is 2.32. The van der Waals surface area contributed by atoms with E-state index < -0.39 is 0 Å². The van der Waals surface area contributed by atoms with E-state index in [9.17, 15) is 4.79 Å². The lowest BCUT2D eigenvalue weighted by molar-refractivity contribution is -0.149. The van der Waals surface area contributed by atoms with E-state index in [1.165, 1.54) is 0 Å². The highest BCUT2D eigenvalue weighted by atomic mass is 16.5. The first-order chi connectivity index (χ1) is 9.26. The van der Waals surface area contributed by atoms with Gasteiger partial charge in [0.2, 0.25) is 5.91 Å². The predicted molar refractivity (Wildman–Crippen MR) is 71.8 cm³/mol. The summed E-state index contributed by atoms with van der Waals surface area (Å²) in [5.74, 6) is 0.809. The van der Waals surface area contributed by atoms with Crippen molar-refractivity contribution in [2.24, 2.45) is 5.73 Å². The zero-order valence-electron chi connectivity index (χ0n) is 11.2. The van der Waals surface area contributed by atoms with Crippen LogP contribution in [0, 0.1) is 0 Å². The lowest BCUT2D eigenvalue weighted by atomic mass is 10.1. The van der Waals surface area contributed by atoms with Gasteiger partial charge in [0.15, 0.2) is 0 Å². The zero-order chi connectivity index (χ0) is 13.7. The number of amides is 1. The van der Waals surface area contributed by atoms with Gasteiger partial charge in [0.25, 0.3) is 0 Å². The molecule has 1 aliphatic rings. The quantitative estimate of drug-likeness (QED) is 0.853. The fourth-order valence-corrected chi connectivity index (χ4v) is 2.32. The number of methoxy groups -OCH3 is 1. The van der Waals surface area contributed by atoms with Gasteiger partial charge in [-0.1, -0.05) is 18.2 Å². The maximum Gasteiger partial charge on any atom is 0.249 e. The van der Waals surface area contributed by atoms with Crippen molar-refractivity contribution in [2.75, 3.05) is 26.9 Å². The number of carbonyl (C=O) groups excluding carboxylic acids is 1. The molecule has 0 saturated carbocycles. The molecule has 104 valence electrons. The van der Waals surface area contributed by atoms with Gasteiger partial charge in [-0.05, 0) is 19.0 Å². The Morgan fingerprint density at radius 3 is 3.00 bits per heavy atom. The maximum absolute atomic E-state index is 12.0. The molecule has 19 heavy (non-hydrogen) atoms. The SMILES string of the molecule is COc1ccccc1CN1C(=O)COCC1CCN. The topological polar surface area (TPSA) is 64.8 Å². The molecule has 0 spiro atoms. The van der Waals surface area contributed by atoms with Crippen LogP contribution in [0.4, 0.5) is 0 Å². The van der Waals surface area contributed by atoms with Gasteiger partial charge in [-0.15, -0.1) is 0 Å². The summed E-state index contributed by atoms with van der Waals surface area (Å²) in [6, 6.07) is 7.79. The highest BCUT2D eigenvalue weighted by Crippen LogP contribution is 2.22. The molecule has 5 nitrogen and oxygen atoms in total. The van der Waals surface area contributed by atoms with Crippen LogP contribution < -0.4 is 10.5 Å². The number of nitrogens with zero attached hydrogens (tertiary/aromatic N) is 1. The summed E-state index contributed by atoms with van der Waals surface area (Å²) in [6.07, 6.45) is 0.751. The molecule has 0 aliphatic carbocycles. The molecule has 1 aromatic carbocycles. The smallest absolute Gasteiger partial charge is 0.249 e. The van der Waals surface area contributed by atoms with Gasteiger partial charge < -0.3 is 20.1 Å². The third-order valence-corrected chi connectivity index (χ3v) is 3.33. The number of carbonyl (C=O) groups is 1. The second kappa shape index (κ2) is 6.54. The minimum atomic E-state index is 0.00982. The highest BCUT2D eigenvalue weighted by molar-refractivity contribution is 5.78. The monoisotopic (exact) mass is 264 g/mol. The Kier molecular flexibility index (Phi) is 4.76. The van der Waals surface area contributed by atoms with Gasteiger partial charge in [0.1, 0.15) is 12.4 Å². The lowest BCUT2D eigenvalue weighted by Gasteiger charge is -2.35. The van der Waals surface area contributed by atoms with Crippen molar-refractivity contribution in [3.8, 4) is 5.75 Å². The van der Waals surface area contributed by atoms with Crippen LogP contribution >= 0.6 is 0 Å². The Labute approximate surface area is 113 Å². The van der Waals surface area contributed by atoms with Crippen LogP contribution in [0.25, 0.3) is 0 Å². The number of rotatable bonds is 5. The molecular formula is C14H20N2O3. The molecule has 0 bridgehead atoms. The van der Waals surface area contributed by atoms with Crippen LogP contribution in [-0.4, -0.2) is 43.7 Å². The number of hydrogen-bond acceptors (Lipinski definition) is 4. The van der Waals surface area contributed by atoms with E-state index in [1.54, 1.807) is 7.11 Å². The number of ether oxygens (including phenoxy) is 2. The first kappa shape index (κ1) is 13.8. The summed E-state index contributed by atoms with van der Waals surface area (Å²) in [4.78, 5) is 13.8. The average Bonchev–Trinajstić information content (AvgIpc) is 2.43. The summed E-state index contributed by atoms with van der Waals surface area (Å²) < 4.78 is 10.6. The largest absolute Gasteiger partial charge is 0.496 e. The van der Waals surface area contributed by atoms with E-state index in [4.69, 9.17) is 15.2 Å². The van der Waals surface area contributed by atoms with Gasteiger partial charge in [-0.2, -0.15) is 0 Å². The summed E-state index contributed by atoms with van der Waals surface area (Å²) in [7, 11) is 1.64. The summed E-state index contributed by atoms with van der Waals surface area (Å²) in [5, 5.41) is 0. The minimum Gasteiger partial charge on any atom is -0.496 e. The number of benzene rings is 1. The Balaban J connectivity index is 2.15. The molecule has 1 saturated heterocycles. The zero-order valence-corrected chi connectivity index (χ0v) is 11.2. The van der Waals surface area contributed by atoms with Crippen LogP contribution in [0.15, 0.2) is 24.3 Å². The van der Waals surface area contributed by atoms with Crippen molar-refractivity contribution in [3.05, 3.63) is 29.8 Å². The van der Waals surface area contributed by atoms with Crippen LogP contribution in [0.2, 0.25) is 0 Å². The van der Waals surface area contributed by atoms with Gasteiger partial charge in [0, 0.05) is 12.1 Å². The molecule has 1 heterocycles. The van der Waals surface area contributed by atoms with Crippen molar-refractivity contribution in [1.82, 2.24) is 4.90 Å². The number of para-hydroxylation sites is 1. The van der Waals surface area contributed by atoms with E-state index in [1.807, 2.05) is 29.2 Å². The molecule has 2 N–H and O–H groups in total. The van der Waals surface area contributed by atoms with E-state index in [0.29, 0.717) is 19.7 Å². The van der Waals surface area contributed by atoms with Crippen LogP contribution in [-0.2, 0) is 16.1 Å². The first-order valence-corrected chi connectivity index (χ1v) is 6.45. The van der Waals surface area contributed by atoms with E-state index in [-0.39, 0.29) is 18.6 Å². The van der Waals surface area contributed by atoms with Crippen molar-refractivity contribution in [1.29, 1.82) is 0 Å². The van der Waals surface area contributed by atoms with Gasteiger partial charge >= 0.3 is 0 Å². The second-order valence-electron chi connectivity index (χ2n) is 4.58. The summed E-state index contributed by atoms with van der Waals surface area (Å²) in [5.41, 5.74) is 6.60. The van der Waals surface area contributed by atoms with Crippen LogP contribution in [0.5, 0.6) is 5.75 Å². The standard InChI is InChI=1S/C14H20N2O3/c1-18-13-5-3-2-4-11(13)8-16-12(6-7-15)9-19-10-14(16)17/h2-5,12H,6-10,15H2,1H3. The third-order valence-electron chi connectivity index (χ3n) is 3.33. The fraction of sp³-hybridized carbons (Fsp3) is 0.500. The molecule has 0 aromatic heterocycles. The van der Waals surface area contributed by atoms with E-state index >= 15 is 0 Å². The molecule has 1 aliphatic heterocycles. The molecule has 1 fully saturated rings. The minimum absolute atomic E-state index is 0.00982. The van der Waals surface area contributed by atoms with Crippen molar-refractivity contribution in [3.63, 3.8) is 0 Å². The molecular weight excluding hydrogens is 244 g/mol. The van der Waals surface area contributed by atoms with Gasteiger partial charge in [0.05, 0.1) is 19.8 Å². The van der Waals surface area contributed by atoms with Gasteiger partial charge in [-0.3, -0.25) is 4.79 Å². The molecule has 1 aromatic rings. The maximum atomic E-state index is 12.0. The van der Waals surface area contributed by atoms with Crippen LogP contribution in [0.3, 0.4) is 0 Å². The third kappa shape index (κ3) is 3.24. The van der Waals surface area contributed by atoms with Crippen molar-refractivity contribution < 1.29 is 14.3 Å². The van der Waals surface area contributed by atoms with Gasteiger partial charge in [-0.25, -0.2) is 0 Å². The molecule has 0 radical (unpaired) electrons. The molecule has 1 amide bonds. The van der Waals surface area contributed by atoms with Crippen molar-refractivity contribution >= 4 is 5.91 Å². The molecule has 1 atom stereocenters. The second-order valence-corrected chi connectivity index (χ2v) is 4.58. The van der Waals surface area contributed by atoms with Crippen LogP contribution in [0.1, 0.15) is 12.0 Å². The Hall–Kier alpha value is -1.59. The molecule has 2 rings (SSSR count). The first-order valence-electron chi connectivity index (χ1n) is 6.45. The van der Waals surface area contributed by atoms with Crippen molar-refractivity contribution in [2.45, 2.75) is 19.0 Å². The number of nitrogens with two attached hydrogens (primary N) is 1. The predicted octanol–water partition coefficient (Wildman–Crippen LogP) is 0.771. The Bertz CT molecular complexity index is 434. The van der Waals surface area contributed by atoms with E-state index in [2.05, 4.69) is 0 Å². The molecule has 5 heteroatoms. The lowest BCUT2D eigenvalue weighted by Crippen LogP contribution is -2.49. The number of morpholine rings is 1. The summed E-state index contributed by atoms with van der Waals surface area (Å²) in [6.45, 7) is 1.79. The van der Waals surface area contributed by atoms with E-state index in [0.717, 1.165) is 17.7 Å².